The third kappa shape index (κ3) is 2.09. The topological polar surface area (TPSA) is 113 Å². The van der Waals surface area contributed by atoms with Crippen molar-refractivity contribution >= 4 is 12.2 Å². The number of aliphatic hydroxyl groups is 2. The quantitative estimate of drug-likeness (QED) is 0.141. The number of carbonyl (C=O) groups excluding carboxylic acids is 2. The lowest BCUT2D eigenvalue weighted by molar-refractivity contribution is -0.139. The summed E-state index contributed by atoms with van der Waals surface area (Å²) in [5, 5.41) is 7.57. The monoisotopic (exact) mass is 158 g/mol. The Morgan fingerprint density at radius 1 is 2.00 bits per heavy atom. The molecule has 6 nitrogen and oxygen atoms in total. The lowest BCUT2D eigenvalue weighted by Gasteiger charge is -2.09. The van der Waals surface area contributed by atoms with Crippen LogP contribution in [0.15, 0.2) is 0 Å². The number of aldehydes is 1. The van der Waals surface area contributed by atoms with Crippen molar-refractivity contribution in [2.45, 2.75) is 12.2 Å². The zero-order chi connectivity index (χ0) is 12.0. The van der Waals surface area contributed by atoms with Gasteiger partial charge in [-0.05, 0) is 0 Å². The first kappa shape index (κ1) is 3.42. The summed E-state index contributed by atoms with van der Waals surface area (Å²) < 4.78 is 32.8. The molecule has 0 rings (SSSR count). The Balaban J connectivity index is 4.66. The zero-order valence-electron chi connectivity index (χ0n) is 9.76. The largest absolute Gasteiger partial charge is 0.382 e. The van der Waals surface area contributed by atoms with Crippen molar-refractivity contribution in [2.24, 2.45) is 5.83 Å². The van der Waals surface area contributed by atoms with Crippen LogP contribution in [-0.4, -0.2) is 37.5 Å². The highest BCUT2D eigenvalue weighted by atomic mass is 16.3. The van der Waals surface area contributed by atoms with Crippen LogP contribution in [0, 0.1) is 0 Å². The summed E-state index contributed by atoms with van der Waals surface area (Å²) in [6.45, 7) is 0. The number of rotatable bonds is 6. The minimum atomic E-state index is -1.87. The van der Waals surface area contributed by atoms with Gasteiger partial charge in [0, 0.05) is 0 Å². The minimum Gasteiger partial charge on any atom is -0.382 e. The Kier molecular flexibility index (Phi) is 1.35. The summed E-state index contributed by atoms with van der Waals surface area (Å²) in [6.07, 6.45) is -3.52. The lowest BCUT2D eigenvalue weighted by Crippen LogP contribution is -2.45. The first-order chi connectivity index (χ1) is 6.99. The molecule has 0 aliphatic heterocycles. The highest BCUT2D eigenvalue weighted by Crippen LogP contribution is 1.87. The third-order valence-corrected chi connectivity index (χ3v) is 0.774. The third-order valence-electron chi connectivity index (χ3n) is 0.774. The van der Waals surface area contributed by atoms with E-state index < -0.39 is 18.1 Å². The van der Waals surface area contributed by atoms with Gasteiger partial charge in [0.05, 0.1) is 0 Å². The molecule has 0 aromatic rings. The van der Waals surface area contributed by atoms with E-state index >= 15 is 0 Å². The molecule has 0 fully saturated rings. The van der Waals surface area contributed by atoms with Crippen LogP contribution in [-0.2, 0) is 9.59 Å². The molecule has 0 radical (unpaired) electrons. The Bertz CT molecular complexity index is 229. The molecule has 0 aromatic heterocycles. The molecule has 0 saturated carbocycles. The van der Waals surface area contributed by atoms with Crippen molar-refractivity contribution in [2.75, 3.05) is 0 Å². The molecule has 0 spiro atoms. The molecule has 0 aliphatic rings. The van der Waals surface area contributed by atoms with Gasteiger partial charge in [-0.15, -0.1) is 0 Å². The van der Waals surface area contributed by atoms with Gasteiger partial charge in [0.15, 0.2) is 13.8 Å². The number of carbonyl (C=O) groups is 2. The van der Waals surface area contributed by atoms with E-state index in [1.807, 2.05) is 0 Å². The summed E-state index contributed by atoms with van der Waals surface area (Å²) in [6, 6.07) is 0. The highest BCUT2D eigenvalue weighted by molar-refractivity contribution is 5.83. The van der Waals surface area contributed by atoms with Crippen LogP contribution in [0.1, 0.15) is 0 Å². The van der Waals surface area contributed by atoms with Gasteiger partial charge in [-0.2, -0.15) is 0 Å². The molecule has 6 heteroatoms. The predicted molar refractivity (Wildman–Crippen MR) is 30.4 cm³/mol. The number of hydrazine groups is 1. The van der Waals surface area contributed by atoms with Crippen LogP contribution < -0.4 is 11.2 Å². The second-order valence-electron chi connectivity index (χ2n) is 1.46. The van der Waals surface area contributed by atoms with Crippen LogP contribution in [0.25, 0.3) is 0 Å². The SMILES string of the molecule is [3H]O[C@@H](C=O)[C@@H](O[3H])C(=O)N([3H])N([3H])[3H]. The first-order valence-electron chi connectivity index (χ1n) is 4.45. The average Bonchev–Trinajstić information content (AvgIpc) is 2.23. The van der Waals surface area contributed by atoms with Gasteiger partial charge in [0.2, 0.25) is 2.86 Å². The molecule has 0 aliphatic carbocycles. The van der Waals surface area contributed by atoms with E-state index in [4.69, 9.17) is 7.10 Å². The fourth-order valence-electron chi connectivity index (χ4n) is 0.269. The average molecular weight is 158 g/mol. The van der Waals surface area contributed by atoms with Gasteiger partial charge < -0.3 is 15.0 Å². The lowest BCUT2D eigenvalue weighted by atomic mass is 10.2. The van der Waals surface area contributed by atoms with Gasteiger partial charge in [0.1, 0.15) is 8.93 Å². The standard InChI is InChI=1S/C4H8N2O4/c5-6-4(10)3(9)2(8)1-7/h1-3,8-9H,5H2,(H,6,10)/t2-,3+/m0/s1/i8T,9T/hT3. The maximum absolute atomic E-state index is 11.2. The Morgan fingerprint density at radius 2 is 2.80 bits per heavy atom. The Morgan fingerprint density at radius 3 is 3.20 bits per heavy atom. The van der Waals surface area contributed by atoms with Crippen molar-refractivity contribution in [1.29, 1.82) is 2.86 Å². The molecule has 0 bridgehead atoms. The molecular weight excluding hydrogens is 140 g/mol. The van der Waals surface area contributed by atoms with E-state index in [1.165, 1.54) is 0 Å². The molecule has 58 valence electrons. The van der Waals surface area contributed by atoms with Gasteiger partial charge in [-0.3, -0.25) is 10.2 Å². The van der Waals surface area contributed by atoms with Crippen molar-refractivity contribution in [3.8, 4) is 0 Å². The van der Waals surface area contributed by atoms with Crippen LogP contribution >= 0.6 is 0 Å². The van der Waals surface area contributed by atoms with Gasteiger partial charge in [-0.25, -0.2) is 5.83 Å². The van der Waals surface area contributed by atoms with Crippen molar-refractivity contribution in [3.05, 3.63) is 0 Å². The van der Waals surface area contributed by atoms with E-state index in [0.29, 0.717) is 0 Å². The van der Waals surface area contributed by atoms with Crippen LogP contribution in [0.4, 0.5) is 0 Å². The molecule has 1 amide bonds. The molecule has 5 N–H and O–H groups in total. The van der Waals surface area contributed by atoms with E-state index in [1.54, 1.807) is 0 Å². The fraction of sp³-hybridized carbons (Fsp3) is 0.500. The summed E-state index contributed by atoms with van der Waals surface area (Å²) >= 11 is 0. The fourth-order valence-corrected chi connectivity index (χ4v) is 0.269. The number of nitrogens with one attached hydrogen (secondary N) is 1. The van der Waals surface area contributed by atoms with Crippen molar-refractivity contribution in [3.63, 3.8) is 0 Å². The highest BCUT2D eigenvalue weighted by Gasteiger charge is 2.22. The van der Waals surface area contributed by atoms with E-state index in [2.05, 4.69) is 10.2 Å². The van der Waals surface area contributed by atoms with Gasteiger partial charge in [-0.1, -0.05) is 0 Å². The molecular formula is C4H8N2O4. The number of nitrogens with two attached hydrogens (primary N) is 1. The van der Waals surface area contributed by atoms with Crippen molar-refractivity contribution < 1.29 is 24.0 Å². The van der Waals surface area contributed by atoms with E-state index in [-0.39, 0.29) is 17.5 Å². The normalized spacial score (nSPS) is 22.7. The maximum atomic E-state index is 11.2. The first-order valence-corrected chi connectivity index (χ1v) is 2.29. The second kappa shape index (κ2) is 3.94. The van der Waals surface area contributed by atoms with Crippen molar-refractivity contribution in [1.82, 2.24) is 5.42 Å². The molecule has 10 heavy (non-hydrogen) atoms. The van der Waals surface area contributed by atoms with Crippen LogP contribution in [0.5, 0.6) is 0 Å². The van der Waals surface area contributed by atoms with E-state index in [9.17, 15) is 9.59 Å². The zero-order valence-corrected chi connectivity index (χ0v) is 4.76. The van der Waals surface area contributed by atoms with Gasteiger partial charge >= 0.3 is 0 Å². The predicted octanol–water partition coefficient (Wildman–Crippen LogP) is -3.10. The van der Waals surface area contributed by atoms with Crippen LogP contribution in [0.3, 0.4) is 0 Å². The summed E-state index contributed by atoms with van der Waals surface area (Å²) in [7, 11) is 0. The van der Waals surface area contributed by atoms with Crippen LogP contribution in [0.2, 0.25) is 4.24 Å². The maximum Gasteiger partial charge on any atom is 0.265 e. The minimum absolute atomic E-state index is 0.0379. The van der Waals surface area contributed by atoms with Gasteiger partial charge in [0.25, 0.3) is 5.91 Å². The number of hydrogen-bond donors (Lipinski definition) is 4. The summed E-state index contributed by atoms with van der Waals surface area (Å²) in [5.74, 6) is -1.74. The molecule has 0 unspecified atom stereocenters. The molecule has 0 heterocycles. The molecule has 0 saturated heterocycles. The Labute approximate surface area is 64.0 Å². The smallest absolute Gasteiger partial charge is 0.265 e. The van der Waals surface area contributed by atoms with E-state index in [0.717, 1.165) is 0 Å². The number of hydrogen-bond acceptors (Lipinski definition) is 5. The summed E-state index contributed by atoms with van der Waals surface area (Å²) in [4.78, 5) is 21.5. The number of amides is 1. The molecule has 0 aromatic carbocycles. The second-order valence-corrected chi connectivity index (χ2v) is 1.46. The summed E-state index contributed by atoms with van der Waals surface area (Å²) in [5.41, 5.74) is -0.269. The molecule has 2 atom stereocenters. The Hall–Kier alpha value is -0.980. The number of aliphatic hydroxyl groups excluding tert-OH is 2.